The van der Waals surface area contributed by atoms with Crippen molar-refractivity contribution in [2.75, 3.05) is 20.3 Å². The van der Waals surface area contributed by atoms with E-state index in [1.165, 1.54) is 91.0 Å². The van der Waals surface area contributed by atoms with E-state index in [4.69, 9.17) is 18.9 Å². The quantitative estimate of drug-likeness (QED) is 0.0908. The molecule has 1 aliphatic heterocycles. The van der Waals surface area contributed by atoms with Gasteiger partial charge in [-0.15, -0.1) is 0 Å². The van der Waals surface area contributed by atoms with Gasteiger partial charge in [0.25, 0.3) is 0 Å². The molecule has 2 aliphatic carbocycles. The Morgan fingerprint density at radius 1 is 0.722 bits per heavy atom. The van der Waals surface area contributed by atoms with Crippen molar-refractivity contribution in [3.05, 3.63) is 144 Å². The normalized spacial score (nSPS) is 19.0. The summed E-state index contributed by atoms with van der Waals surface area (Å²) in [6.07, 6.45) is 19.8. The van der Waals surface area contributed by atoms with Gasteiger partial charge in [0.2, 0.25) is 0 Å². The first-order chi connectivity index (χ1) is 26.6. The third-order valence-corrected chi connectivity index (χ3v) is 11.9. The van der Waals surface area contributed by atoms with Crippen LogP contribution in [0.4, 0.5) is 0 Å². The largest absolute Gasteiger partial charge is 0.497 e. The molecule has 0 aromatic heterocycles. The summed E-state index contributed by atoms with van der Waals surface area (Å²) in [5.74, 6) is 1.95. The van der Waals surface area contributed by atoms with Crippen LogP contribution in [0.25, 0.3) is 28.0 Å². The Hall–Kier alpha value is -5.29. The number of carbonyl (C=O) groups excluding carboxylic acids is 1. The number of methoxy groups -OCH3 is 1. The second-order valence-corrected chi connectivity index (χ2v) is 15.0. The maximum absolute atomic E-state index is 11.5. The molecule has 1 unspecified atom stereocenters. The highest BCUT2D eigenvalue weighted by atomic mass is 16.6. The molecule has 5 nitrogen and oxygen atoms in total. The number of hydrogen-bond acceptors (Lipinski definition) is 5. The Bertz CT molecular complexity index is 2150. The van der Waals surface area contributed by atoms with Crippen molar-refractivity contribution < 1.29 is 23.7 Å². The molecule has 1 atom stereocenters. The van der Waals surface area contributed by atoms with Crippen LogP contribution in [0.2, 0.25) is 0 Å². The molecule has 5 heteroatoms. The molecule has 0 bridgehead atoms. The maximum atomic E-state index is 11.5. The fraction of sp³-hybridized carbons (Fsp3) is 0.327. The van der Waals surface area contributed by atoms with E-state index in [0.29, 0.717) is 5.75 Å². The Kier molecular flexibility index (Phi) is 10.3. The maximum Gasteiger partial charge on any atom is 0.330 e. The minimum Gasteiger partial charge on any atom is -0.497 e. The second kappa shape index (κ2) is 15.6. The van der Waals surface area contributed by atoms with Crippen LogP contribution in [0.3, 0.4) is 0 Å². The first kappa shape index (κ1) is 35.7. The van der Waals surface area contributed by atoms with Crippen LogP contribution in [0.1, 0.15) is 98.4 Å². The molecule has 0 radical (unpaired) electrons. The van der Waals surface area contributed by atoms with Crippen LogP contribution >= 0.6 is 0 Å². The number of fused-ring (bicyclic) bond motifs is 10. The molecule has 54 heavy (non-hydrogen) atoms. The number of benzene rings is 5. The topological polar surface area (TPSA) is 54.0 Å². The van der Waals surface area contributed by atoms with Crippen molar-refractivity contribution in [2.45, 2.75) is 81.6 Å². The summed E-state index contributed by atoms with van der Waals surface area (Å²) in [6, 6.07) is 34.4. The lowest BCUT2D eigenvalue weighted by molar-refractivity contribution is -0.138. The van der Waals surface area contributed by atoms with Gasteiger partial charge in [0.15, 0.2) is 5.60 Å². The summed E-state index contributed by atoms with van der Waals surface area (Å²) in [5.41, 5.74) is 7.92. The molecule has 5 aromatic carbocycles. The first-order valence-electron chi connectivity index (χ1n) is 19.8. The fourth-order valence-corrected chi connectivity index (χ4v) is 9.33. The zero-order valence-electron chi connectivity index (χ0n) is 31.4. The smallest absolute Gasteiger partial charge is 0.330 e. The molecule has 1 spiro atoms. The van der Waals surface area contributed by atoms with Gasteiger partial charge in [0, 0.05) is 33.6 Å². The second-order valence-electron chi connectivity index (χ2n) is 15.0. The van der Waals surface area contributed by atoms with E-state index in [-0.39, 0.29) is 18.6 Å². The van der Waals surface area contributed by atoms with Crippen molar-refractivity contribution >= 4 is 22.8 Å². The van der Waals surface area contributed by atoms with Gasteiger partial charge in [-0.25, -0.2) is 4.79 Å². The standard InChI is InChI=1S/C49H50O5/c1-3-44(50)53-34-33-52-38-27-23-36(24-28-38)49(35-21-25-37(51-2)26-22-35)32-29-42-46-45(39-17-11-12-18-40(39)47(42)54-49)41-19-13-14-20-43(41)48(46)30-15-9-7-5-4-6-8-10-16-31-48/h3,11-14,17-29,32H,1,4-10,15-16,30-31,33-34H2,2H3. The van der Waals surface area contributed by atoms with E-state index in [0.717, 1.165) is 46.9 Å². The minimum absolute atomic E-state index is 0.0773. The van der Waals surface area contributed by atoms with Gasteiger partial charge in [0.1, 0.15) is 30.5 Å². The number of esters is 1. The summed E-state index contributed by atoms with van der Waals surface area (Å²) < 4.78 is 24.2. The van der Waals surface area contributed by atoms with E-state index in [2.05, 4.69) is 91.5 Å². The van der Waals surface area contributed by atoms with Gasteiger partial charge < -0.3 is 18.9 Å². The monoisotopic (exact) mass is 718 g/mol. The molecular formula is C49H50O5. The first-order valence-corrected chi connectivity index (χ1v) is 19.8. The van der Waals surface area contributed by atoms with Crippen molar-refractivity contribution in [3.63, 3.8) is 0 Å². The number of ether oxygens (including phenoxy) is 4. The third-order valence-electron chi connectivity index (χ3n) is 11.9. The molecular weight excluding hydrogens is 669 g/mol. The number of rotatable bonds is 8. The van der Waals surface area contributed by atoms with Gasteiger partial charge >= 0.3 is 5.97 Å². The SMILES string of the molecule is C=CC(=O)OCCOc1ccc(C2(c3ccc(OC)cc3)C=Cc3c4c(c5ccccc5c3O2)-c2ccccc2C42CCCCCCCCCCC2)cc1. The van der Waals surface area contributed by atoms with Crippen molar-refractivity contribution in [2.24, 2.45) is 0 Å². The van der Waals surface area contributed by atoms with Gasteiger partial charge in [-0.3, -0.25) is 0 Å². The predicted molar refractivity (Wildman–Crippen MR) is 217 cm³/mol. The van der Waals surface area contributed by atoms with Gasteiger partial charge in [0.05, 0.1) is 7.11 Å². The summed E-state index contributed by atoms with van der Waals surface area (Å²) >= 11 is 0. The van der Waals surface area contributed by atoms with E-state index >= 15 is 0 Å². The Morgan fingerprint density at radius 2 is 1.31 bits per heavy atom. The van der Waals surface area contributed by atoms with Crippen LogP contribution in [0.5, 0.6) is 17.2 Å². The van der Waals surface area contributed by atoms with Crippen molar-refractivity contribution in [3.8, 4) is 28.4 Å². The van der Waals surface area contributed by atoms with Gasteiger partial charge in [-0.2, -0.15) is 0 Å². The molecule has 5 aromatic rings. The molecule has 1 heterocycles. The Balaban J connectivity index is 1.28. The average molecular weight is 719 g/mol. The van der Waals surface area contributed by atoms with Gasteiger partial charge in [-0.1, -0.05) is 143 Å². The number of carbonyl (C=O) groups is 1. The molecule has 0 saturated heterocycles. The van der Waals surface area contributed by atoms with Crippen LogP contribution in [-0.2, 0) is 20.5 Å². The Labute approximate surface area is 319 Å². The lowest BCUT2D eigenvalue weighted by Gasteiger charge is -2.40. The van der Waals surface area contributed by atoms with Crippen LogP contribution in [-0.4, -0.2) is 26.3 Å². The highest BCUT2D eigenvalue weighted by Gasteiger charge is 2.47. The molecule has 276 valence electrons. The third kappa shape index (κ3) is 6.48. The molecule has 1 fully saturated rings. The highest BCUT2D eigenvalue weighted by molar-refractivity contribution is 6.08. The lowest BCUT2D eigenvalue weighted by Crippen LogP contribution is -2.35. The summed E-state index contributed by atoms with van der Waals surface area (Å²) in [7, 11) is 1.69. The molecule has 0 amide bonds. The predicted octanol–water partition coefficient (Wildman–Crippen LogP) is 11.9. The lowest BCUT2D eigenvalue weighted by atomic mass is 9.68. The van der Waals surface area contributed by atoms with Crippen molar-refractivity contribution in [1.82, 2.24) is 0 Å². The molecule has 8 rings (SSSR count). The zero-order valence-corrected chi connectivity index (χ0v) is 31.4. The fourth-order valence-electron chi connectivity index (χ4n) is 9.33. The summed E-state index contributed by atoms with van der Waals surface area (Å²) in [5, 5.41) is 2.38. The van der Waals surface area contributed by atoms with Crippen LogP contribution < -0.4 is 14.2 Å². The summed E-state index contributed by atoms with van der Waals surface area (Å²) in [4.78, 5) is 11.5. The van der Waals surface area contributed by atoms with Crippen LogP contribution in [0.15, 0.2) is 116 Å². The Morgan fingerprint density at radius 3 is 1.96 bits per heavy atom. The average Bonchev–Trinajstić information content (AvgIpc) is 3.51. The highest BCUT2D eigenvalue weighted by Crippen LogP contribution is 2.61. The zero-order chi connectivity index (χ0) is 37.0. The van der Waals surface area contributed by atoms with E-state index < -0.39 is 11.6 Å². The van der Waals surface area contributed by atoms with E-state index in [1.807, 2.05) is 24.3 Å². The molecule has 0 N–H and O–H groups in total. The van der Waals surface area contributed by atoms with Gasteiger partial charge in [-0.05, 0) is 70.8 Å². The molecule has 3 aliphatic rings. The summed E-state index contributed by atoms with van der Waals surface area (Å²) in [6.45, 7) is 3.84. The molecule has 1 saturated carbocycles. The number of hydrogen-bond donors (Lipinski definition) is 0. The van der Waals surface area contributed by atoms with Crippen LogP contribution in [0, 0.1) is 0 Å². The minimum atomic E-state index is -0.917. The van der Waals surface area contributed by atoms with E-state index in [9.17, 15) is 4.79 Å². The van der Waals surface area contributed by atoms with E-state index in [1.54, 1.807) is 7.11 Å². The van der Waals surface area contributed by atoms with Crippen molar-refractivity contribution in [1.29, 1.82) is 0 Å².